The molecule has 8 heteroatoms. The van der Waals surface area contributed by atoms with E-state index in [1.165, 1.54) is 0 Å². The van der Waals surface area contributed by atoms with Gasteiger partial charge in [-0.2, -0.15) is 17.6 Å². The molecule has 4 nitrogen and oxygen atoms in total. The van der Waals surface area contributed by atoms with Crippen LogP contribution in [0.5, 0.6) is 0 Å². The van der Waals surface area contributed by atoms with E-state index in [1.807, 2.05) is 0 Å². The molecule has 190 valence electrons. The van der Waals surface area contributed by atoms with Gasteiger partial charge in [0.25, 0.3) is 0 Å². The largest absolute Gasteiger partial charge is 0.454 e. The number of alkyl halides is 4. The molecule has 0 radical (unpaired) electrons. The fourth-order valence-electron chi connectivity index (χ4n) is 9.36. The van der Waals surface area contributed by atoms with Gasteiger partial charge in [-0.3, -0.25) is 0 Å². The quantitative estimate of drug-likeness (QED) is 0.366. The first-order valence-corrected chi connectivity index (χ1v) is 13.1. The Labute approximate surface area is 197 Å². The molecule has 0 aliphatic heterocycles. The number of carbonyl (C=O) groups is 2. The minimum absolute atomic E-state index is 0.101. The van der Waals surface area contributed by atoms with Crippen molar-refractivity contribution in [3.05, 3.63) is 0 Å². The van der Waals surface area contributed by atoms with Gasteiger partial charge in [0.15, 0.2) is 0 Å². The second-order valence-electron chi connectivity index (χ2n) is 12.9. The highest BCUT2D eigenvalue weighted by molar-refractivity contribution is 5.90. The molecule has 8 aliphatic carbocycles. The number of hydrogen-bond donors (Lipinski definition) is 0. The zero-order chi connectivity index (χ0) is 24.3. The molecule has 8 saturated carbocycles. The van der Waals surface area contributed by atoms with Crippen LogP contribution in [-0.2, 0) is 19.1 Å². The fraction of sp³-hybridized carbons (Fsp3) is 0.923. The molecule has 8 bridgehead atoms. The van der Waals surface area contributed by atoms with E-state index in [2.05, 4.69) is 0 Å². The van der Waals surface area contributed by atoms with Crippen LogP contribution in [0.2, 0.25) is 0 Å². The van der Waals surface area contributed by atoms with E-state index in [1.54, 1.807) is 13.8 Å². The fourth-order valence-corrected chi connectivity index (χ4v) is 9.36. The molecule has 0 unspecified atom stereocenters. The number of ether oxygens (including phenoxy) is 2. The second kappa shape index (κ2) is 7.12. The summed E-state index contributed by atoms with van der Waals surface area (Å²) in [5.41, 5.74) is -2.39. The molecule has 0 atom stereocenters. The molecule has 0 N–H and O–H groups in total. The maximum absolute atomic E-state index is 14.9. The monoisotopic (exact) mass is 486 g/mol. The Bertz CT molecular complexity index is 771. The van der Waals surface area contributed by atoms with Gasteiger partial charge in [-0.05, 0) is 125 Å². The molecule has 0 saturated heterocycles. The van der Waals surface area contributed by atoms with Gasteiger partial charge in [-0.25, -0.2) is 9.59 Å². The third-order valence-electron chi connectivity index (χ3n) is 11.1. The van der Waals surface area contributed by atoms with Crippen molar-refractivity contribution in [3.8, 4) is 0 Å². The summed E-state index contributed by atoms with van der Waals surface area (Å²) in [5.74, 6) is -13.6. The maximum Gasteiger partial charge on any atom is 0.415 e. The molecule has 0 amide bonds. The molecule has 0 aromatic carbocycles. The van der Waals surface area contributed by atoms with Crippen LogP contribution in [0.15, 0.2) is 0 Å². The van der Waals surface area contributed by atoms with Crippen molar-refractivity contribution in [1.82, 2.24) is 0 Å². The summed E-state index contributed by atoms with van der Waals surface area (Å²) in [6.45, 7) is 3.22. The Morgan fingerprint density at radius 1 is 0.559 bits per heavy atom. The standard InChI is InChI=1S/C26H34F4O4/c1-23(17-5-13-3-14(7-17)8-18(23)6-13)33-21(31)25(27,28)26(29,30)22(32)34-24(2)19-9-15-4-16(11-19)12-20(24)10-15/h13-20H,3-12H2,1-2H3. The third kappa shape index (κ3) is 3.07. The smallest absolute Gasteiger partial charge is 0.415 e. The second-order valence-corrected chi connectivity index (χ2v) is 12.9. The predicted octanol–water partition coefficient (Wildman–Crippen LogP) is 5.77. The molecule has 0 aromatic rings. The Kier molecular flexibility index (Phi) is 4.83. The van der Waals surface area contributed by atoms with E-state index in [-0.39, 0.29) is 23.7 Å². The summed E-state index contributed by atoms with van der Waals surface area (Å²) in [7, 11) is 0. The highest BCUT2D eigenvalue weighted by Gasteiger charge is 2.72. The van der Waals surface area contributed by atoms with Crippen LogP contribution in [0.4, 0.5) is 17.6 Å². The van der Waals surface area contributed by atoms with E-state index < -0.39 is 35.0 Å². The zero-order valence-electron chi connectivity index (χ0n) is 19.8. The summed E-state index contributed by atoms with van der Waals surface area (Å²) in [4.78, 5) is 25.1. The van der Waals surface area contributed by atoms with Crippen LogP contribution < -0.4 is 0 Å². The Morgan fingerprint density at radius 2 is 0.794 bits per heavy atom. The van der Waals surface area contributed by atoms with Crippen LogP contribution in [-0.4, -0.2) is 35.0 Å². The van der Waals surface area contributed by atoms with Crippen LogP contribution in [0.25, 0.3) is 0 Å². The Balaban J connectivity index is 1.18. The highest BCUT2D eigenvalue weighted by atomic mass is 19.3. The molecule has 8 rings (SSSR count). The van der Waals surface area contributed by atoms with Crippen molar-refractivity contribution in [3.63, 3.8) is 0 Å². The number of hydrogen-bond acceptors (Lipinski definition) is 4. The first-order valence-electron chi connectivity index (χ1n) is 13.1. The summed E-state index contributed by atoms with van der Waals surface area (Å²) in [6, 6.07) is 0. The first kappa shape index (κ1) is 23.1. The topological polar surface area (TPSA) is 52.6 Å². The Hall–Kier alpha value is -1.34. The van der Waals surface area contributed by atoms with Crippen LogP contribution in [0.1, 0.15) is 78.1 Å². The molecule has 8 fully saturated rings. The van der Waals surface area contributed by atoms with Crippen molar-refractivity contribution < 1.29 is 36.6 Å². The summed E-state index contributed by atoms with van der Waals surface area (Å²) in [5, 5.41) is 0. The van der Waals surface area contributed by atoms with E-state index >= 15 is 0 Å². The lowest BCUT2D eigenvalue weighted by Gasteiger charge is -2.59. The van der Waals surface area contributed by atoms with Crippen molar-refractivity contribution in [2.45, 2.75) is 101 Å². The molecule has 0 heterocycles. The van der Waals surface area contributed by atoms with Gasteiger partial charge in [0.1, 0.15) is 11.2 Å². The van der Waals surface area contributed by atoms with E-state index in [0.717, 1.165) is 64.2 Å². The first-order chi connectivity index (χ1) is 15.8. The van der Waals surface area contributed by atoms with Crippen molar-refractivity contribution in [2.24, 2.45) is 47.3 Å². The van der Waals surface area contributed by atoms with E-state index in [9.17, 15) is 27.2 Å². The molecule has 0 spiro atoms. The van der Waals surface area contributed by atoms with E-state index in [0.29, 0.717) is 23.7 Å². The number of carbonyl (C=O) groups excluding carboxylic acids is 2. The average Bonchev–Trinajstić information content (AvgIpc) is 2.75. The normalized spacial score (nSPS) is 48.8. The number of esters is 2. The molecular weight excluding hydrogens is 452 g/mol. The van der Waals surface area contributed by atoms with Crippen molar-refractivity contribution >= 4 is 11.9 Å². The number of halogens is 4. The van der Waals surface area contributed by atoms with Gasteiger partial charge >= 0.3 is 23.8 Å². The SMILES string of the molecule is CC1(OC(=O)C(F)(F)C(F)(F)C(=O)OC2(C)C3CC4CC(C3)CC2C4)C2CC3CC(C2)CC1C3. The number of rotatable bonds is 5. The minimum Gasteiger partial charge on any atom is -0.454 e. The van der Waals surface area contributed by atoms with Gasteiger partial charge < -0.3 is 9.47 Å². The van der Waals surface area contributed by atoms with Gasteiger partial charge in [-0.1, -0.05) is 0 Å². The predicted molar refractivity (Wildman–Crippen MR) is 113 cm³/mol. The average molecular weight is 487 g/mol. The van der Waals surface area contributed by atoms with E-state index in [4.69, 9.17) is 9.47 Å². The summed E-state index contributed by atoms with van der Waals surface area (Å²) in [6.07, 6.45) is 8.36. The van der Waals surface area contributed by atoms with Crippen molar-refractivity contribution in [2.75, 3.05) is 0 Å². The summed E-state index contributed by atoms with van der Waals surface area (Å²) < 4.78 is 70.3. The highest BCUT2D eigenvalue weighted by Crippen LogP contribution is 2.61. The zero-order valence-corrected chi connectivity index (χ0v) is 19.8. The van der Waals surface area contributed by atoms with Crippen LogP contribution >= 0.6 is 0 Å². The maximum atomic E-state index is 14.9. The molecule has 34 heavy (non-hydrogen) atoms. The van der Waals surface area contributed by atoms with Gasteiger partial charge in [-0.15, -0.1) is 0 Å². The van der Waals surface area contributed by atoms with Gasteiger partial charge in [0.05, 0.1) is 0 Å². The lowest BCUT2D eigenvalue weighted by molar-refractivity contribution is -0.269. The molecular formula is C26H34F4O4. The summed E-state index contributed by atoms with van der Waals surface area (Å²) >= 11 is 0. The lowest BCUT2D eigenvalue weighted by Crippen LogP contribution is -2.63. The van der Waals surface area contributed by atoms with Crippen molar-refractivity contribution in [1.29, 1.82) is 0 Å². The van der Waals surface area contributed by atoms with Crippen LogP contribution in [0.3, 0.4) is 0 Å². The molecule has 0 aromatic heterocycles. The van der Waals surface area contributed by atoms with Gasteiger partial charge in [0.2, 0.25) is 0 Å². The Morgan fingerprint density at radius 3 is 1.03 bits per heavy atom. The molecule has 8 aliphatic rings. The third-order valence-corrected chi connectivity index (χ3v) is 11.1. The van der Waals surface area contributed by atoms with Gasteiger partial charge in [0, 0.05) is 0 Å². The lowest BCUT2D eigenvalue weighted by atomic mass is 9.50. The van der Waals surface area contributed by atoms with Crippen LogP contribution in [0, 0.1) is 47.3 Å². The minimum atomic E-state index is -5.29.